The van der Waals surface area contributed by atoms with Gasteiger partial charge in [0.1, 0.15) is 5.75 Å². The molecule has 16 heavy (non-hydrogen) atoms. The second-order valence-electron chi connectivity index (χ2n) is 3.80. The van der Waals surface area contributed by atoms with Crippen LogP contribution >= 0.6 is 0 Å². The van der Waals surface area contributed by atoms with Gasteiger partial charge in [-0.25, -0.2) is 0 Å². The predicted octanol–water partition coefficient (Wildman–Crippen LogP) is 1.63. The number of nitrogens with one attached hydrogen (secondary N) is 1. The lowest BCUT2D eigenvalue weighted by Gasteiger charge is -2.11. The molecular formula is C12H14N2O2. The summed E-state index contributed by atoms with van der Waals surface area (Å²) in [4.78, 5) is 15.9. The molecular weight excluding hydrogens is 204 g/mol. The number of carbonyl (C=O) groups excluding carboxylic acids is 1. The normalized spacial score (nSPS) is 10.4. The number of hydrogen-bond acceptors (Lipinski definition) is 2. The van der Waals surface area contributed by atoms with E-state index >= 15 is 0 Å². The molecule has 4 heteroatoms. The number of nitrogens with zero attached hydrogens (tertiary/aromatic N) is 1. The Balaban J connectivity index is 2.06. The van der Waals surface area contributed by atoms with Crippen LogP contribution in [0.3, 0.4) is 0 Å². The molecule has 1 aromatic heterocycles. The summed E-state index contributed by atoms with van der Waals surface area (Å²) in [6.07, 6.45) is 1.87. The second-order valence-corrected chi connectivity index (χ2v) is 3.80. The molecule has 2 aromatic rings. The van der Waals surface area contributed by atoms with Crippen LogP contribution in [0.1, 0.15) is 0 Å². The fourth-order valence-electron chi connectivity index (χ4n) is 1.39. The summed E-state index contributed by atoms with van der Waals surface area (Å²) in [6.45, 7) is 0.0687. The number of aromatic amines is 1. The quantitative estimate of drug-likeness (QED) is 0.851. The van der Waals surface area contributed by atoms with E-state index in [9.17, 15) is 4.79 Å². The van der Waals surface area contributed by atoms with E-state index in [0.717, 1.165) is 10.9 Å². The van der Waals surface area contributed by atoms with Crippen LogP contribution in [-0.4, -0.2) is 36.5 Å². The zero-order valence-corrected chi connectivity index (χ0v) is 9.36. The van der Waals surface area contributed by atoms with Crippen molar-refractivity contribution in [3.8, 4) is 5.75 Å². The van der Waals surface area contributed by atoms with Crippen molar-refractivity contribution in [2.24, 2.45) is 0 Å². The zero-order valence-electron chi connectivity index (χ0n) is 9.36. The van der Waals surface area contributed by atoms with E-state index in [1.165, 1.54) is 4.90 Å². The predicted molar refractivity (Wildman–Crippen MR) is 62.5 cm³/mol. The topological polar surface area (TPSA) is 45.3 Å². The van der Waals surface area contributed by atoms with Crippen LogP contribution in [0.2, 0.25) is 0 Å². The van der Waals surface area contributed by atoms with E-state index in [1.807, 2.05) is 30.5 Å². The molecule has 0 spiro atoms. The summed E-state index contributed by atoms with van der Waals surface area (Å²) in [5, 5.41) is 1.13. The van der Waals surface area contributed by atoms with E-state index in [-0.39, 0.29) is 12.5 Å². The van der Waals surface area contributed by atoms with Crippen molar-refractivity contribution >= 4 is 16.8 Å². The first-order chi connectivity index (χ1) is 7.66. The summed E-state index contributed by atoms with van der Waals surface area (Å²) < 4.78 is 5.40. The Morgan fingerprint density at radius 1 is 1.38 bits per heavy atom. The molecule has 84 valence electrons. The van der Waals surface area contributed by atoms with E-state index in [0.29, 0.717) is 5.75 Å². The Hall–Kier alpha value is -1.97. The Bertz CT molecular complexity index is 502. The van der Waals surface area contributed by atoms with Gasteiger partial charge in [0.15, 0.2) is 6.61 Å². The number of rotatable bonds is 3. The molecule has 0 saturated heterocycles. The first-order valence-electron chi connectivity index (χ1n) is 5.07. The van der Waals surface area contributed by atoms with Crippen molar-refractivity contribution in [2.45, 2.75) is 0 Å². The lowest BCUT2D eigenvalue weighted by atomic mass is 10.2. The molecule has 0 fully saturated rings. The van der Waals surface area contributed by atoms with Crippen molar-refractivity contribution in [3.63, 3.8) is 0 Å². The first kappa shape index (κ1) is 10.5. The molecule has 4 nitrogen and oxygen atoms in total. The van der Waals surface area contributed by atoms with Crippen molar-refractivity contribution in [1.29, 1.82) is 0 Å². The van der Waals surface area contributed by atoms with Gasteiger partial charge in [0.2, 0.25) is 0 Å². The minimum absolute atomic E-state index is 0.0495. The van der Waals surface area contributed by atoms with Crippen molar-refractivity contribution in [2.75, 3.05) is 20.7 Å². The molecule has 1 N–H and O–H groups in total. The number of hydrogen-bond donors (Lipinski definition) is 1. The summed E-state index contributed by atoms with van der Waals surface area (Å²) in [7, 11) is 3.42. The van der Waals surface area contributed by atoms with Gasteiger partial charge >= 0.3 is 0 Å². The highest BCUT2D eigenvalue weighted by Crippen LogP contribution is 2.19. The number of likely N-dealkylation sites (N-methyl/N-ethyl adjacent to an activating group) is 1. The van der Waals surface area contributed by atoms with Crippen molar-refractivity contribution in [1.82, 2.24) is 9.88 Å². The average molecular weight is 218 g/mol. The van der Waals surface area contributed by atoms with Crippen LogP contribution in [0.4, 0.5) is 0 Å². The fraction of sp³-hybridized carbons (Fsp3) is 0.250. The van der Waals surface area contributed by atoms with Gasteiger partial charge in [0.25, 0.3) is 5.91 Å². The Morgan fingerprint density at radius 2 is 2.19 bits per heavy atom. The molecule has 0 aliphatic carbocycles. The van der Waals surface area contributed by atoms with E-state index in [2.05, 4.69) is 4.98 Å². The van der Waals surface area contributed by atoms with Crippen LogP contribution in [0.15, 0.2) is 30.5 Å². The number of fused-ring (bicyclic) bond motifs is 1. The van der Waals surface area contributed by atoms with Gasteiger partial charge in [0, 0.05) is 31.9 Å². The number of benzene rings is 1. The largest absolute Gasteiger partial charge is 0.484 e. The lowest BCUT2D eigenvalue weighted by molar-refractivity contribution is -0.130. The molecule has 1 aromatic carbocycles. The molecule has 1 heterocycles. The van der Waals surface area contributed by atoms with Crippen molar-refractivity contribution in [3.05, 3.63) is 30.5 Å². The van der Waals surface area contributed by atoms with Crippen LogP contribution in [0.25, 0.3) is 10.9 Å². The monoisotopic (exact) mass is 218 g/mol. The molecule has 0 aliphatic heterocycles. The minimum Gasteiger partial charge on any atom is -0.484 e. The van der Waals surface area contributed by atoms with Gasteiger partial charge in [-0.3, -0.25) is 4.79 Å². The third kappa shape index (κ3) is 2.16. The highest BCUT2D eigenvalue weighted by molar-refractivity contribution is 5.81. The number of aromatic nitrogens is 1. The molecule has 0 aliphatic rings. The van der Waals surface area contributed by atoms with Crippen LogP contribution in [0.5, 0.6) is 5.75 Å². The van der Waals surface area contributed by atoms with E-state index < -0.39 is 0 Å². The fourth-order valence-corrected chi connectivity index (χ4v) is 1.39. The number of carbonyl (C=O) groups is 1. The Labute approximate surface area is 93.8 Å². The second kappa shape index (κ2) is 4.26. The molecule has 2 rings (SSSR count). The van der Waals surface area contributed by atoms with Gasteiger partial charge in [-0.1, -0.05) is 0 Å². The lowest BCUT2D eigenvalue weighted by Crippen LogP contribution is -2.27. The highest BCUT2D eigenvalue weighted by Gasteiger charge is 2.05. The number of ether oxygens (including phenoxy) is 1. The third-order valence-electron chi connectivity index (χ3n) is 2.39. The van der Waals surface area contributed by atoms with Crippen molar-refractivity contribution < 1.29 is 9.53 Å². The van der Waals surface area contributed by atoms with E-state index in [4.69, 9.17) is 4.74 Å². The highest BCUT2D eigenvalue weighted by atomic mass is 16.5. The van der Waals surface area contributed by atoms with Crippen LogP contribution in [-0.2, 0) is 4.79 Å². The molecule has 0 bridgehead atoms. The standard InChI is InChI=1S/C12H14N2O2/c1-14(2)12(15)8-16-10-4-3-9-5-6-13-11(9)7-10/h3-7,13H,8H2,1-2H3. The SMILES string of the molecule is CN(C)C(=O)COc1ccc2cc[nH]c2c1. The number of H-pyrrole nitrogens is 1. The Morgan fingerprint density at radius 3 is 2.94 bits per heavy atom. The Kier molecular flexibility index (Phi) is 2.81. The average Bonchev–Trinajstić information content (AvgIpc) is 2.72. The zero-order chi connectivity index (χ0) is 11.5. The summed E-state index contributed by atoms with van der Waals surface area (Å²) >= 11 is 0. The molecule has 0 radical (unpaired) electrons. The third-order valence-corrected chi connectivity index (χ3v) is 2.39. The summed E-state index contributed by atoms with van der Waals surface area (Å²) in [5.74, 6) is 0.650. The van der Waals surface area contributed by atoms with Crippen LogP contribution < -0.4 is 4.74 Å². The minimum atomic E-state index is -0.0495. The van der Waals surface area contributed by atoms with Crippen LogP contribution in [0, 0.1) is 0 Å². The summed E-state index contributed by atoms with van der Waals surface area (Å²) in [6, 6.07) is 7.70. The number of amides is 1. The molecule has 1 amide bonds. The van der Waals surface area contributed by atoms with Gasteiger partial charge in [-0.05, 0) is 23.6 Å². The maximum Gasteiger partial charge on any atom is 0.259 e. The maximum absolute atomic E-state index is 11.3. The molecule has 0 unspecified atom stereocenters. The van der Waals surface area contributed by atoms with Gasteiger partial charge < -0.3 is 14.6 Å². The van der Waals surface area contributed by atoms with Gasteiger partial charge in [-0.2, -0.15) is 0 Å². The van der Waals surface area contributed by atoms with E-state index in [1.54, 1.807) is 14.1 Å². The first-order valence-corrected chi connectivity index (χ1v) is 5.07. The maximum atomic E-state index is 11.3. The smallest absolute Gasteiger partial charge is 0.259 e. The molecule has 0 atom stereocenters. The van der Waals surface area contributed by atoms with Gasteiger partial charge in [0.05, 0.1) is 0 Å². The van der Waals surface area contributed by atoms with Gasteiger partial charge in [-0.15, -0.1) is 0 Å². The summed E-state index contributed by atoms with van der Waals surface area (Å²) in [5.41, 5.74) is 1.01. The molecule has 0 saturated carbocycles.